The smallest absolute Gasteiger partial charge is 0.257 e. The summed E-state index contributed by atoms with van der Waals surface area (Å²) < 4.78 is 11.4. The number of halogens is 1. The maximum Gasteiger partial charge on any atom is 0.257 e. The Hall–Kier alpha value is -2.31. The van der Waals surface area contributed by atoms with Crippen LogP contribution in [-0.4, -0.2) is 61.0 Å². The molecule has 4 rings (SSSR count). The maximum atomic E-state index is 13.2. The van der Waals surface area contributed by atoms with Crippen LogP contribution in [0.25, 0.3) is 11.3 Å². The van der Waals surface area contributed by atoms with Crippen LogP contribution in [0, 0.1) is 12.8 Å². The Morgan fingerprint density at radius 2 is 2.00 bits per heavy atom. The zero-order valence-corrected chi connectivity index (χ0v) is 16.0. The molecule has 2 aliphatic heterocycles. The molecule has 1 aromatic heterocycles. The molecule has 6 nitrogen and oxygen atoms in total. The second-order valence-electron chi connectivity index (χ2n) is 7.11. The molecule has 2 aromatic rings. The molecule has 142 valence electrons. The molecule has 2 aliphatic rings. The van der Waals surface area contributed by atoms with Crippen LogP contribution in [-0.2, 0) is 9.53 Å². The van der Waals surface area contributed by atoms with Crippen LogP contribution in [0.2, 0.25) is 5.02 Å². The number of furan rings is 1. The molecule has 1 aromatic carbocycles. The van der Waals surface area contributed by atoms with Crippen molar-refractivity contribution in [2.24, 2.45) is 5.92 Å². The predicted molar refractivity (Wildman–Crippen MR) is 101 cm³/mol. The van der Waals surface area contributed by atoms with Crippen molar-refractivity contribution in [1.82, 2.24) is 9.80 Å². The molecule has 27 heavy (non-hydrogen) atoms. The minimum absolute atomic E-state index is 0.0356. The first-order chi connectivity index (χ1) is 13.0. The molecule has 2 saturated heterocycles. The lowest BCUT2D eigenvalue weighted by Crippen LogP contribution is -2.45. The van der Waals surface area contributed by atoms with Crippen molar-refractivity contribution in [3.05, 3.63) is 46.7 Å². The summed E-state index contributed by atoms with van der Waals surface area (Å²) in [5, 5.41) is 0.568. The highest BCUT2D eigenvalue weighted by Gasteiger charge is 2.39. The number of nitrogens with zero attached hydrogens (tertiary/aromatic N) is 2. The standard InChI is InChI=1S/C20H21ClN2O4/c1-12-16(7-18(27-12)15-5-3-4-6-17(15)21)20(25)23-8-13-10-26-11-14(9-23)22(2)19(13)24/h3-7,13-14H,8-11H2,1-2H3/t13-,14+/m1/s1. The number of rotatable bonds is 2. The largest absolute Gasteiger partial charge is 0.460 e. The van der Waals surface area contributed by atoms with Crippen LogP contribution in [0.3, 0.4) is 0 Å². The Morgan fingerprint density at radius 3 is 2.78 bits per heavy atom. The Kier molecular flexibility index (Phi) is 4.70. The van der Waals surface area contributed by atoms with Gasteiger partial charge in [-0.1, -0.05) is 23.7 Å². The Balaban J connectivity index is 1.64. The van der Waals surface area contributed by atoms with Crippen LogP contribution >= 0.6 is 11.6 Å². The molecular weight excluding hydrogens is 368 g/mol. The average Bonchev–Trinajstić information content (AvgIpc) is 2.91. The van der Waals surface area contributed by atoms with Gasteiger partial charge < -0.3 is 19.0 Å². The number of hydrogen-bond donors (Lipinski definition) is 0. The summed E-state index contributed by atoms with van der Waals surface area (Å²) in [4.78, 5) is 29.2. The SMILES string of the molecule is Cc1oc(-c2ccccc2Cl)cc1C(=O)N1C[C@@H]2COC[C@H](C1)N(C)C2=O. The molecule has 0 unspecified atom stereocenters. The number of benzene rings is 1. The van der Waals surface area contributed by atoms with E-state index in [9.17, 15) is 9.59 Å². The van der Waals surface area contributed by atoms with E-state index in [0.29, 0.717) is 48.4 Å². The van der Waals surface area contributed by atoms with Gasteiger partial charge in [0.1, 0.15) is 11.5 Å². The predicted octanol–water partition coefficient (Wildman–Crippen LogP) is 2.84. The van der Waals surface area contributed by atoms with E-state index in [1.54, 1.807) is 35.9 Å². The number of likely N-dealkylation sites (N-methyl/N-ethyl adjacent to an activating group) is 1. The summed E-state index contributed by atoms with van der Waals surface area (Å²) in [6, 6.07) is 8.96. The molecule has 0 N–H and O–H groups in total. The second kappa shape index (κ2) is 7.02. The zero-order valence-electron chi connectivity index (χ0n) is 15.3. The van der Waals surface area contributed by atoms with Crippen molar-refractivity contribution >= 4 is 23.4 Å². The molecule has 2 bridgehead atoms. The lowest BCUT2D eigenvalue weighted by atomic mass is 10.1. The molecule has 3 heterocycles. The van der Waals surface area contributed by atoms with Crippen molar-refractivity contribution in [1.29, 1.82) is 0 Å². The van der Waals surface area contributed by atoms with Gasteiger partial charge in [-0.3, -0.25) is 9.59 Å². The number of carbonyl (C=O) groups excluding carboxylic acids is 2. The number of carbonyl (C=O) groups is 2. The Morgan fingerprint density at radius 1 is 1.22 bits per heavy atom. The highest BCUT2D eigenvalue weighted by molar-refractivity contribution is 6.33. The van der Waals surface area contributed by atoms with Crippen LogP contribution in [0.15, 0.2) is 34.7 Å². The minimum atomic E-state index is -0.332. The van der Waals surface area contributed by atoms with Crippen LogP contribution < -0.4 is 0 Å². The lowest BCUT2D eigenvalue weighted by Gasteiger charge is -2.29. The van der Waals surface area contributed by atoms with Gasteiger partial charge in [-0.2, -0.15) is 0 Å². The maximum absolute atomic E-state index is 13.2. The molecule has 0 saturated carbocycles. The topological polar surface area (TPSA) is 63.0 Å². The quantitative estimate of drug-likeness (QED) is 0.793. The fourth-order valence-corrected chi connectivity index (χ4v) is 3.95. The fourth-order valence-electron chi connectivity index (χ4n) is 3.72. The third-order valence-corrected chi connectivity index (χ3v) is 5.65. The first-order valence-electron chi connectivity index (χ1n) is 8.94. The molecule has 2 fully saturated rings. The van der Waals surface area contributed by atoms with Gasteiger partial charge in [-0.15, -0.1) is 0 Å². The van der Waals surface area contributed by atoms with Crippen LogP contribution in [0.1, 0.15) is 16.1 Å². The molecule has 0 spiro atoms. The van der Waals surface area contributed by atoms with Gasteiger partial charge in [0.25, 0.3) is 5.91 Å². The van der Waals surface area contributed by atoms with Gasteiger partial charge in [-0.05, 0) is 25.1 Å². The zero-order chi connectivity index (χ0) is 19.1. The second-order valence-corrected chi connectivity index (χ2v) is 7.52. The molecule has 0 aliphatic carbocycles. The van der Waals surface area contributed by atoms with E-state index >= 15 is 0 Å². The van der Waals surface area contributed by atoms with Crippen molar-refractivity contribution in [2.45, 2.75) is 13.0 Å². The minimum Gasteiger partial charge on any atom is -0.460 e. The van der Waals surface area contributed by atoms with E-state index in [0.717, 1.165) is 5.56 Å². The van der Waals surface area contributed by atoms with Crippen molar-refractivity contribution in [3.63, 3.8) is 0 Å². The van der Waals surface area contributed by atoms with Gasteiger partial charge in [-0.25, -0.2) is 0 Å². The summed E-state index contributed by atoms with van der Waals surface area (Å²) in [6.45, 7) is 3.36. The van der Waals surface area contributed by atoms with Crippen molar-refractivity contribution in [3.8, 4) is 11.3 Å². The number of fused-ring (bicyclic) bond motifs is 3. The van der Waals surface area contributed by atoms with E-state index < -0.39 is 0 Å². The number of aryl methyl sites for hydroxylation is 1. The van der Waals surface area contributed by atoms with E-state index in [1.807, 2.05) is 18.2 Å². The van der Waals surface area contributed by atoms with Gasteiger partial charge in [0.2, 0.25) is 5.91 Å². The number of ether oxygens (including phenoxy) is 1. The van der Waals surface area contributed by atoms with Gasteiger partial charge in [0.05, 0.1) is 35.8 Å². The summed E-state index contributed by atoms with van der Waals surface area (Å²) in [5.41, 5.74) is 1.25. The van der Waals surface area contributed by atoms with Crippen molar-refractivity contribution < 1.29 is 18.7 Å². The molecule has 2 atom stereocenters. The van der Waals surface area contributed by atoms with E-state index in [1.165, 1.54) is 0 Å². The monoisotopic (exact) mass is 388 g/mol. The fraction of sp³-hybridized carbons (Fsp3) is 0.400. The summed E-state index contributed by atoms with van der Waals surface area (Å²) in [6.07, 6.45) is 0. The summed E-state index contributed by atoms with van der Waals surface area (Å²) >= 11 is 6.25. The lowest BCUT2D eigenvalue weighted by molar-refractivity contribution is -0.133. The van der Waals surface area contributed by atoms with Gasteiger partial charge >= 0.3 is 0 Å². The summed E-state index contributed by atoms with van der Waals surface area (Å²) in [7, 11) is 1.78. The third kappa shape index (κ3) is 3.24. The van der Waals surface area contributed by atoms with Crippen LogP contribution in [0.5, 0.6) is 0 Å². The highest BCUT2D eigenvalue weighted by Crippen LogP contribution is 2.32. The Bertz CT molecular complexity index is 894. The Labute approximate surface area is 162 Å². The molecular formula is C20H21ClN2O4. The first kappa shape index (κ1) is 18.1. The van der Waals surface area contributed by atoms with Gasteiger partial charge in [0, 0.05) is 25.7 Å². The van der Waals surface area contributed by atoms with Crippen molar-refractivity contribution in [2.75, 3.05) is 33.4 Å². The highest BCUT2D eigenvalue weighted by atomic mass is 35.5. The number of hydrogen-bond acceptors (Lipinski definition) is 4. The molecule has 7 heteroatoms. The summed E-state index contributed by atoms with van der Waals surface area (Å²) in [5.74, 6) is 0.679. The molecule has 2 amide bonds. The normalized spacial score (nSPS) is 22.7. The molecule has 0 radical (unpaired) electrons. The van der Waals surface area contributed by atoms with Crippen LogP contribution in [0.4, 0.5) is 0 Å². The number of amides is 2. The van der Waals surface area contributed by atoms with E-state index in [4.69, 9.17) is 20.8 Å². The third-order valence-electron chi connectivity index (χ3n) is 5.32. The first-order valence-corrected chi connectivity index (χ1v) is 9.32. The van der Waals surface area contributed by atoms with E-state index in [-0.39, 0.29) is 23.8 Å². The average molecular weight is 389 g/mol. The van der Waals surface area contributed by atoms with Gasteiger partial charge in [0.15, 0.2) is 0 Å². The van der Waals surface area contributed by atoms with E-state index in [2.05, 4.69) is 0 Å².